The van der Waals surface area contributed by atoms with Crippen molar-refractivity contribution in [1.82, 2.24) is 29.9 Å². The summed E-state index contributed by atoms with van der Waals surface area (Å²) in [7, 11) is 0. The molecule has 0 spiro atoms. The molecule has 0 aliphatic carbocycles. The van der Waals surface area contributed by atoms with Crippen LogP contribution in [-0.2, 0) is 17.9 Å². The maximum Gasteiger partial charge on any atom is 0.241 e. The second-order valence-electron chi connectivity index (χ2n) is 7.52. The summed E-state index contributed by atoms with van der Waals surface area (Å²) in [5.74, 6) is -0.0697. The SMILES string of the molecule is Cc1cc(C)n(CCCNC(=O)Cn2nc(C)c3c(-c4ccccc4)ccnc32)n1. The van der Waals surface area contributed by atoms with Crippen LogP contribution < -0.4 is 5.32 Å². The van der Waals surface area contributed by atoms with Crippen molar-refractivity contribution in [2.45, 2.75) is 40.3 Å². The molecule has 0 unspecified atom stereocenters. The number of rotatable bonds is 7. The Hall–Kier alpha value is -3.48. The summed E-state index contributed by atoms with van der Waals surface area (Å²) in [5.41, 5.74) is 5.94. The monoisotopic (exact) mass is 402 g/mol. The van der Waals surface area contributed by atoms with Crippen molar-refractivity contribution in [3.05, 3.63) is 65.7 Å². The summed E-state index contributed by atoms with van der Waals surface area (Å²) in [4.78, 5) is 17.0. The van der Waals surface area contributed by atoms with E-state index >= 15 is 0 Å². The fraction of sp³-hybridized carbons (Fsp3) is 0.304. The van der Waals surface area contributed by atoms with Crippen molar-refractivity contribution >= 4 is 16.9 Å². The van der Waals surface area contributed by atoms with E-state index in [-0.39, 0.29) is 12.5 Å². The number of nitrogens with one attached hydrogen (secondary N) is 1. The Balaban J connectivity index is 1.42. The fourth-order valence-corrected chi connectivity index (χ4v) is 3.80. The molecule has 0 atom stereocenters. The number of fused-ring (bicyclic) bond motifs is 1. The number of nitrogens with zero attached hydrogens (tertiary/aromatic N) is 5. The van der Waals surface area contributed by atoms with Gasteiger partial charge >= 0.3 is 0 Å². The third-order valence-electron chi connectivity index (χ3n) is 5.16. The molecule has 4 aromatic rings. The standard InChI is InChI=1S/C23H26N6O/c1-16-14-17(2)28(26-16)13-7-11-24-21(30)15-29-23-22(18(3)27-29)20(10-12-25-23)19-8-5-4-6-9-19/h4-6,8-10,12,14H,7,11,13,15H2,1-3H3,(H,24,30). The normalized spacial score (nSPS) is 11.2. The zero-order valence-corrected chi connectivity index (χ0v) is 17.6. The Morgan fingerprint density at radius 1 is 1.03 bits per heavy atom. The van der Waals surface area contributed by atoms with E-state index in [2.05, 4.69) is 38.7 Å². The highest BCUT2D eigenvalue weighted by Gasteiger charge is 2.15. The van der Waals surface area contributed by atoms with Crippen molar-refractivity contribution in [3.63, 3.8) is 0 Å². The number of hydrogen-bond acceptors (Lipinski definition) is 4. The maximum absolute atomic E-state index is 12.5. The van der Waals surface area contributed by atoms with Gasteiger partial charge in [-0.2, -0.15) is 10.2 Å². The van der Waals surface area contributed by atoms with E-state index in [4.69, 9.17) is 0 Å². The van der Waals surface area contributed by atoms with Gasteiger partial charge in [0.05, 0.1) is 11.4 Å². The molecule has 1 aromatic carbocycles. The molecule has 7 heteroatoms. The number of amides is 1. The Bertz CT molecular complexity index is 1180. The Morgan fingerprint density at radius 2 is 1.83 bits per heavy atom. The van der Waals surface area contributed by atoms with E-state index in [9.17, 15) is 4.79 Å². The lowest BCUT2D eigenvalue weighted by Gasteiger charge is -2.08. The molecule has 0 saturated heterocycles. The number of aromatic nitrogens is 5. The quantitative estimate of drug-likeness (QED) is 0.481. The third-order valence-corrected chi connectivity index (χ3v) is 5.16. The van der Waals surface area contributed by atoms with Crippen molar-refractivity contribution in [3.8, 4) is 11.1 Å². The molecule has 1 amide bonds. The molecule has 0 saturated carbocycles. The second-order valence-corrected chi connectivity index (χ2v) is 7.52. The number of carbonyl (C=O) groups excluding carboxylic acids is 1. The molecule has 7 nitrogen and oxygen atoms in total. The third kappa shape index (κ3) is 4.10. The van der Waals surface area contributed by atoms with Crippen LogP contribution in [-0.4, -0.2) is 37.0 Å². The second kappa shape index (κ2) is 8.49. The van der Waals surface area contributed by atoms with Crippen LogP contribution in [0.5, 0.6) is 0 Å². The topological polar surface area (TPSA) is 77.6 Å². The molecule has 0 aliphatic rings. The summed E-state index contributed by atoms with van der Waals surface area (Å²) >= 11 is 0. The summed E-state index contributed by atoms with van der Waals surface area (Å²) in [5, 5.41) is 13.0. The lowest BCUT2D eigenvalue weighted by molar-refractivity contribution is -0.121. The molecule has 0 bridgehead atoms. The van der Waals surface area contributed by atoms with Crippen molar-refractivity contribution in [2.75, 3.05) is 6.54 Å². The number of hydrogen-bond donors (Lipinski definition) is 1. The first kappa shape index (κ1) is 19.8. The summed E-state index contributed by atoms with van der Waals surface area (Å²) in [6.07, 6.45) is 2.59. The molecule has 3 aromatic heterocycles. The van der Waals surface area contributed by atoms with E-state index in [0.29, 0.717) is 6.54 Å². The average Bonchev–Trinajstić information content (AvgIpc) is 3.24. The van der Waals surface area contributed by atoms with Gasteiger partial charge in [-0.05, 0) is 50.5 Å². The van der Waals surface area contributed by atoms with E-state index in [0.717, 1.165) is 52.2 Å². The van der Waals surface area contributed by atoms with Crippen LogP contribution in [0.4, 0.5) is 0 Å². The van der Waals surface area contributed by atoms with E-state index in [1.807, 2.05) is 49.7 Å². The largest absolute Gasteiger partial charge is 0.354 e. The van der Waals surface area contributed by atoms with Gasteiger partial charge in [-0.1, -0.05) is 30.3 Å². The van der Waals surface area contributed by atoms with Gasteiger partial charge in [0, 0.05) is 30.4 Å². The summed E-state index contributed by atoms with van der Waals surface area (Å²) in [6.45, 7) is 7.51. The van der Waals surface area contributed by atoms with Gasteiger partial charge in [0.25, 0.3) is 0 Å². The minimum absolute atomic E-state index is 0.0697. The minimum Gasteiger partial charge on any atom is -0.354 e. The highest BCUT2D eigenvalue weighted by molar-refractivity contribution is 5.95. The number of aryl methyl sites for hydroxylation is 4. The number of benzene rings is 1. The first-order valence-electron chi connectivity index (χ1n) is 10.2. The van der Waals surface area contributed by atoms with Gasteiger partial charge in [-0.25, -0.2) is 9.67 Å². The fourth-order valence-electron chi connectivity index (χ4n) is 3.80. The highest BCUT2D eigenvalue weighted by atomic mass is 16.2. The van der Waals surface area contributed by atoms with Gasteiger partial charge in [0.15, 0.2) is 5.65 Å². The van der Waals surface area contributed by atoms with Gasteiger partial charge in [-0.3, -0.25) is 9.48 Å². The zero-order chi connectivity index (χ0) is 21.1. The van der Waals surface area contributed by atoms with Crippen LogP contribution in [0.25, 0.3) is 22.2 Å². The lowest BCUT2D eigenvalue weighted by atomic mass is 10.0. The molecule has 1 N–H and O–H groups in total. The predicted molar refractivity (Wildman–Crippen MR) is 117 cm³/mol. The van der Waals surface area contributed by atoms with E-state index < -0.39 is 0 Å². The van der Waals surface area contributed by atoms with Crippen LogP contribution in [0.1, 0.15) is 23.5 Å². The van der Waals surface area contributed by atoms with Gasteiger partial charge in [0.2, 0.25) is 5.91 Å². The van der Waals surface area contributed by atoms with Gasteiger partial charge < -0.3 is 5.32 Å². The van der Waals surface area contributed by atoms with Crippen LogP contribution >= 0.6 is 0 Å². The first-order chi connectivity index (χ1) is 14.5. The Morgan fingerprint density at radius 3 is 2.57 bits per heavy atom. The molecule has 154 valence electrons. The van der Waals surface area contributed by atoms with Crippen molar-refractivity contribution < 1.29 is 4.79 Å². The smallest absolute Gasteiger partial charge is 0.241 e. The van der Waals surface area contributed by atoms with Gasteiger partial charge in [0.1, 0.15) is 6.54 Å². The summed E-state index contributed by atoms with van der Waals surface area (Å²) < 4.78 is 3.66. The minimum atomic E-state index is -0.0697. The number of pyridine rings is 1. The van der Waals surface area contributed by atoms with Gasteiger partial charge in [-0.15, -0.1) is 0 Å². The Labute approximate surface area is 175 Å². The Kier molecular flexibility index (Phi) is 5.61. The first-order valence-corrected chi connectivity index (χ1v) is 10.2. The highest BCUT2D eigenvalue weighted by Crippen LogP contribution is 2.29. The predicted octanol–water partition coefficient (Wildman–Crippen LogP) is 3.43. The molecule has 4 rings (SSSR count). The van der Waals surface area contributed by atoms with Crippen molar-refractivity contribution in [2.24, 2.45) is 0 Å². The average molecular weight is 403 g/mol. The van der Waals surface area contributed by atoms with Crippen LogP contribution in [0, 0.1) is 20.8 Å². The van der Waals surface area contributed by atoms with Crippen LogP contribution in [0.15, 0.2) is 48.7 Å². The van der Waals surface area contributed by atoms with E-state index in [1.54, 1.807) is 10.9 Å². The van der Waals surface area contributed by atoms with Crippen LogP contribution in [0.2, 0.25) is 0 Å². The zero-order valence-electron chi connectivity index (χ0n) is 17.6. The van der Waals surface area contributed by atoms with E-state index in [1.165, 1.54) is 0 Å². The maximum atomic E-state index is 12.5. The molecule has 30 heavy (non-hydrogen) atoms. The van der Waals surface area contributed by atoms with Crippen LogP contribution in [0.3, 0.4) is 0 Å². The molecule has 0 aliphatic heterocycles. The summed E-state index contributed by atoms with van der Waals surface area (Å²) in [6, 6.07) is 14.2. The molecule has 0 radical (unpaired) electrons. The van der Waals surface area contributed by atoms with Crippen molar-refractivity contribution in [1.29, 1.82) is 0 Å². The lowest BCUT2D eigenvalue weighted by Crippen LogP contribution is -2.29. The molecule has 0 fully saturated rings. The molecular weight excluding hydrogens is 376 g/mol. The molecule has 3 heterocycles. The molecular formula is C23H26N6O. The number of carbonyl (C=O) groups is 1.